The molecule has 1 aromatic carbocycles. The predicted octanol–water partition coefficient (Wildman–Crippen LogP) is 3.00. The van der Waals surface area contributed by atoms with Crippen molar-refractivity contribution in [2.75, 3.05) is 5.32 Å². The van der Waals surface area contributed by atoms with Crippen molar-refractivity contribution >= 4 is 28.8 Å². The van der Waals surface area contributed by atoms with E-state index in [0.29, 0.717) is 18.5 Å². The van der Waals surface area contributed by atoms with Crippen LogP contribution in [-0.4, -0.2) is 10.9 Å². The maximum atomic E-state index is 12.8. The number of nitrogens with two attached hydrogens (primary N) is 1. The van der Waals surface area contributed by atoms with E-state index >= 15 is 0 Å². The second kappa shape index (κ2) is 5.65. The zero-order chi connectivity index (χ0) is 13.9. The first-order chi connectivity index (χ1) is 9.04. The molecule has 0 unspecified atom stereocenters. The lowest BCUT2D eigenvalue weighted by molar-refractivity contribution is -0.123. The van der Waals surface area contributed by atoms with E-state index in [4.69, 9.17) is 18.0 Å². The van der Waals surface area contributed by atoms with Gasteiger partial charge in [0.2, 0.25) is 5.91 Å². The van der Waals surface area contributed by atoms with Crippen molar-refractivity contribution in [1.29, 1.82) is 0 Å². The van der Waals surface area contributed by atoms with Crippen molar-refractivity contribution in [2.24, 2.45) is 11.1 Å². The highest BCUT2D eigenvalue weighted by Crippen LogP contribution is 2.37. The molecule has 19 heavy (non-hydrogen) atoms. The maximum absolute atomic E-state index is 12.8. The van der Waals surface area contributed by atoms with E-state index in [2.05, 4.69) is 5.32 Å². The minimum absolute atomic E-state index is 0.175. The Kier molecular flexibility index (Phi) is 4.14. The van der Waals surface area contributed by atoms with Crippen molar-refractivity contribution in [3.63, 3.8) is 0 Å². The summed E-state index contributed by atoms with van der Waals surface area (Å²) in [5.74, 6) is -0.508. The SMILES string of the molecule is NC(=S)C1(C(=O)Nc2ccc(F)cc2)CCCCC1. The number of carbonyl (C=O) groups excluding carboxylic acids is 1. The normalized spacial score (nSPS) is 17.7. The standard InChI is InChI=1S/C14H17FN2OS/c15-10-4-6-11(7-5-10)17-13(18)14(12(16)19)8-2-1-3-9-14/h4-7H,1-3,8-9H2,(H2,16,19)(H,17,18). The minimum atomic E-state index is -0.748. The third kappa shape index (κ3) is 2.92. The lowest BCUT2D eigenvalue weighted by Crippen LogP contribution is -2.47. The first-order valence-corrected chi connectivity index (χ1v) is 6.82. The number of benzene rings is 1. The first kappa shape index (κ1) is 13.9. The molecule has 0 radical (unpaired) electrons. The zero-order valence-electron chi connectivity index (χ0n) is 10.6. The Balaban J connectivity index is 2.16. The summed E-state index contributed by atoms with van der Waals surface area (Å²) in [6.45, 7) is 0. The summed E-state index contributed by atoms with van der Waals surface area (Å²) in [4.78, 5) is 12.7. The zero-order valence-corrected chi connectivity index (χ0v) is 11.4. The van der Waals surface area contributed by atoms with Crippen LogP contribution in [0.2, 0.25) is 0 Å². The Labute approximate surface area is 117 Å². The van der Waals surface area contributed by atoms with Crippen molar-refractivity contribution in [3.05, 3.63) is 30.1 Å². The molecule has 1 aliphatic carbocycles. The third-order valence-corrected chi connectivity index (χ3v) is 4.11. The molecule has 0 heterocycles. The summed E-state index contributed by atoms with van der Waals surface area (Å²) in [6.07, 6.45) is 4.39. The number of nitrogens with one attached hydrogen (secondary N) is 1. The van der Waals surface area contributed by atoms with E-state index in [9.17, 15) is 9.18 Å². The van der Waals surface area contributed by atoms with E-state index in [1.807, 2.05) is 0 Å². The first-order valence-electron chi connectivity index (χ1n) is 6.41. The largest absolute Gasteiger partial charge is 0.392 e. The molecule has 3 N–H and O–H groups in total. The molecule has 0 saturated heterocycles. The van der Waals surface area contributed by atoms with Crippen molar-refractivity contribution in [3.8, 4) is 0 Å². The van der Waals surface area contributed by atoms with Gasteiger partial charge in [0.1, 0.15) is 5.82 Å². The molecule has 1 fully saturated rings. The van der Waals surface area contributed by atoms with Crippen LogP contribution in [-0.2, 0) is 4.79 Å². The molecule has 0 bridgehead atoms. The molecular formula is C14H17FN2OS. The molecule has 0 spiro atoms. The number of carbonyl (C=O) groups is 1. The average Bonchev–Trinajstić information content (AvgIpc) is 2.42. The molecular weight excluding hydrogens is 263 g/mol. The van der Waals surface area contributed by atoms with E-state index in [1.54, 1.807) is 0 Å². The number of amides is 1. The highest BCUT2D eigenvalue weighted by Gasteiger charge is 2.42. The Morgan fingerprint density at radius 1 is 1.21 bits per heavy atom. The Hall–Kier alpha value is -1.49. The van der Waals surface area contributed by atoms with Gasteiger partial charge in [0.05, 0.1) is 10.4 Å². The summed E-state index contributed by atoms with van der Waals surface area (Å²) in [5.41, 5.74) is 5.61. The lowest BCUT2D eigenvalue weighted by atomic mass is 9.73. The van der Waals surface area contributed by atoms with Gasteiger partial charge >= 0.3 is 0 Å². The summed E-state index contributed by atoms with van der Waals surface area (Å²) < 4.78 is 12.8. The molecule has 2 rings (SSSR count). The summed E-state index contributed by atoms with van der Waals surface area (Å²) in [7, 11) is 0. The predicted molar refractivity (Wildman–Crippen MR) is 77.3 cm³/mol. The summed E-state index contributed by atoms with van der Waals surface area (Å²) >= 11 is 5.10. The maximum Gasteiger partial charge on any atom is 0.237 e. The lowest BCUT2D eigenvalue weighted by Gasteiger charge is -2.34. The van der Waals surface area contributed by atoms with Crippen molar-refractivity contribution in [1.82, 2.24) is 0 Å². The molecule has 0 aliphatic heterocycles. The Morgan fingerprint density at radius 2 is 1.79 bits per heavy atom. The molecule has 0 atom stereocenters. The van der Waals surface area contributed by atoms with Crippen molar-refractivity contribution < 1.29 is 9.18 Å². The van der Waals surface area contributed by atoms with Crippen LogP contribution < -0.4 is 11.1 Å². The van der Waals surface area contributed by atoms with Gasteiger partial charge in [0.15, 0.2) is 0 Å². The number of rotatable bonds is 3. The summed E-state index contributed by atoms with van der Waals surface area (Å²) in [6, 6.07) is 5.68. The molecule has 0 aromatic heterocycles. The van der Waals surface area contributed by atoms with Gasteiger partial charge in [-0.15, -0.1) is 0 Å². The fourth-order valence-electron chi connectivity index (χ4n) is 2.52. The fourth-order valence-corrected chi connectivity index (χ4v) is 2.82. The van der Waals surface area contributed by atoms with Gasteiger partial charge in [-0.3, -0.25) is 4.79 Å². The van der Waals surface area contributed by atoms with Crippen molar-refractivity contribution in [2.45, 2.75) is 32.1 Å². The van der Waals surface area contributed by atoms with E-state index in [-0.39, 0.29) is 16.7 Å². The van der Waals surface area contributed by atoms with Gasteiger partial charge in [0, 0.05) is 5.69 Å². The number of hydrogen-bond donors (Lipinski definition) is 2. The highest BCUT2D eigenvalue weighted by molar-refractivity contribution is 7.80. The number of thiocarbonyl (C=S) groups is 1. The molecule has 102 valence electrons. The van der Waals surface area contributed by atoms with E-state index < -0.39 is 5.41 Å². The van der Waals surface area contributed by atoms with Gasteiger partial charge in [-0.1, -0.05) is 31.5 Å². The van der Waals surface area contributed by atoms with Crippen LogP contribution in [0.1, 0.15) is 32.1 Å². The van der Waals surface area contributed by atoms with Crippen LogP contribution in [0.4, 0.5) is 10.1 Å². The topological polar surface area (TPSA) is 55.1 Å². The minimum Gasteiger partial charge on any atom is -0.392 e. The molecule has 1 amide bonds. The van der Waals surface area contributed by atoms with Crippen LogP contribution in [0.25, 0.3) is 0 Å². The molecule has 3 nitrogen and oxygen atoms in total. The van der Waals surface area contributed by atoms with E-state index in [0.717, 1.165) is 19.3 Å². The average molecular weight is 280 g/mol. The monoisotopic (exact) mass is 280 g/mol. The summed E-state index contributed by atoms with van der Waals surface area (Å²) in [5, 5.41) is 2.79. The number of hydrogen-bond acceptors (Lipinski definition) is 2. The second-order valence-electron chi connectivity index (χ2n) is 4.97. The van der Waals surface area contributed by atoms with Crippen LogP contribution >= 0.6 is 12.2 Å². The smallest absolute Gasteiger partial charge is 0.237 e. The third-order valence-electron chi connectivity index (χ3n) is 3.72. The Morgan fingerprint density at radius 3 is 2.32 bits per heavy atom. The van der Waals surface area contributed by atoms with Gasteiger partial charge in [-0.25, -0.2) is 4.39 Å². The van der Waals surface area contributed by atoms with Crippen LogP contribution in [0.15, 0.2) is 24.3 Å². The fraction of sp³-hybridized carbons (Fsp3) is 0.429. The van der Waals surface area contributed by atoms with E-state index in [1.165, 1.54) is 24.3 Å². The molecule has 5 heteroatoms. The highest BCUT2D eigenvalue weighted by atomic mass is 32.1. The second-order valence-corrected chi connectivity index (χ2v) is 5.41. The van der Waals surface area contributed by atoms with Crippen LogP contribution in [0, 0.1) is 11.2 Å². The Bertz CT molecular complexity index is 481. The quantitative estimate of drug-likeness (QED) is 0.837. The molecule has 1 saturated carbocycles. The van der Waals surface area contributed by atoms with Crippen LogP contribution in [0.3, 0.4) is 0 Å². The van der Waals surface area contributed by atoms with Gasteiger partial charge in [0.25, 0.3) is 0 Å². The van der Waals surface area contributed by atoms with Crippen LogP contribution in [0.5, 0.6) is 0 Å². The van der Waals surface area contributed by atoms with Gasteiger partial charge in [-0.05, 0) is 37.1 Å². The van der Waals surface area contributed by atoms with Gasteiger partial charge in [-0.2, -0.15) is 0 Å². The number of halogens is 1. The molecule has 1 aliphatic rings. The number of anilines is 1. The van der Waals surface area contributed by atoms with Gasteiger partial charge < -0.3 is 11.1 Å². The molecule has 1 aromatic rings.